The lowest BCUT2D eigenvalue weighted by Crippen LogP contribution is -1.29. The number of halogens is 2. The van der Waals surface area contributed by atoms with Crippen molar-refractivity contribution in [2.24, 2.45) is 0 Å². The number of thiol groups is 1. The molecular formula is CH4Cl2S. The molecule has 0 aliphatic heterocycles. The highest BCUT2D eigenvalue weighted by atomic mass is 36.0. The predicted octanol–water partition coefficient (Wildman–Crippen LogP) is 1.93. The number of hydrogen-bond donors (Lipinski definition) is 1. The van der Waals surface area contributed by atoms with Gasteiger partial charge in [0, 0.05) is 0 Å². The van der Waals surface area contributed by atoms with Gasteiger partial charge in [0.15, 0.2) is 0 Å². The Balaban J connectivity index is 2.32. The van der Waals surface area contributed by atoms with Gasteiger partial charge in [-0.25, -0.2) is 0 Å². The van der Waals surface area contributed by atoms with Gasteiger partial charge >= 0.3 is 0 Å². The lowest BCUT2D eigenvalue weighted by atomic mass is 12.0. The Labute approximate surface area is 37.4 Å². The lowest BCUT2D eigenvalue weighted by Gasteiger charge is -1.80. The Hall–Kier alpha value is 0.930. The SMILES string of the molecule is C[SH](Cl)Cl. The molecule has 0 aliphatic rings. The molecule has 3 heteroatoms. The van der Waals surface area contributed by atoms with Crippen LogP contribution in [0.5, 0.6) is 0 Å². The zero-order valence-electron chi connectivity index (χ0n) is 2.20. The van der Waals surface area contributed by atoms with E-state index in [0.717, 1.165) is 0 Å². The van der Waals surface area contributed by atoms with Gasteiger partial charge in [-0.15, -0.1) is 0 Å². The molecule has 28 valence electrons. The molecule has 0 bridgehead atoms. The maximum Gasteiger partial charge on any atom is -0.0112 e. The molecule has 0 unspecified atom stereocenters. The molecule has 0 saturated carbocycles. The number of hydrogen-bond acceptors (Lipinski definition) is 0. The first kappa shape index (κ1) is 4.93. The Bertz CT molecular complexity index is 10.8. The summed E-state index contributed by atoms with van der Waals surface area (Å²) >= 11 is 0. The van der Waals surface area contributed by atoms with E-state index in [-0.39, 0.29) is 0 Å². The third-order valence-corrected chi connectivity index (χ3v) is 0. The van der Waals surface area contributed by atoms with E-state index in [1.807, 2.05) is 0 Å². The fourth-order valence-corrected chi connectivity index (χ4v) is 0. The van der Waals surface area contributed by atoms with Crippen molar-refractivity contribution >= 4 is 30.7 Å². The van der Waals surface area contributed by atoms with E-state index in [4.69, 9.17) is 21.4 Å². The van der Waals surface area contributed by atoms with E-state index in [0.29, 0.717) is 0 Å². The van der Waals surface area contributed by atoms with Crippen LogP contribution in [0.15, 0.2) is 0 Å². The molecule has 4 heavy (non-hydrogen) atoms. The van der Waals surface area contributed by atoms with Crippen molar-refractivity contribution in [2.45, 2.75) is 0 Å². The average molecular weight is 119 g/mol. The van der Waals surface area contributed by atoms with E-state index in [2.05, 4.69) is 0 Å². The highest BCUT2D eigenvalue weighted by molar-refractivity contribution is 8.52. The second-order valence-corrected chi connectivity index (χ2v) is 4.77. The fourth-order valence-electron chi connectivity index (χ4n) is 0. The van der Waals surface area contributed by atoms with Crippen LogP contribution in [-0.4, -0.2) is 6.26 Å². The van der Waals surface area contributed by atoms with Gasteiger partial charge in [-0.2, -0.15) is 0 Å². The molecule has 0 heterocycles. The van der Waals surface area contributed by atoms with Crippen LogP contribution in [0.2, 0.25) is 0 Å². The minimum absolute atomic E-state index is 0.676. The summed E-state index contributed by atoms with van der Waals surface area (Å²) in [5.74, 6) is 0. The van der Waals surface area contributed by atoms with Crippen LogP contribution in [0, 0.1) is 0 Å². The van der Waals surface area contributed by atoms with Gasteiger partial charge in [-0.05, 0) is 6.26 Å². The first-order chi connectivity index (χ1) is 1.73. The molecule has 0 atom stereocenters. The van der Waals surface area contributed by atoms with Crippen molar-refractivity contribution in [1.82, 2.24) is 0 Å². The Kier molecular flexibility index (Phi) is 2.69. The van der Waals surface area contributed by atoms with Crippen LogP contribution in [0.4, 0.5) is 0 Å². The molecule has 0 fully saturated rings. The smallest absolute Gasteiger partial charge is 0.0112 e. The van der Waals surface area contributed by atoms with Crippen LogP contribution in [0.1, 0.15) is 0 Å². The molecule has 0 aromatic rings. The lowest BCUT2D eigenvalue weighted by molar-refractivity contribution is 2.53. The van der Waals surface area contributed by atoms with Gasteiger partial charge in [0.2, 0.25) is 0 Å². The summed E-state index contributed by atoms with van der Waals surface area (Å²) in [5, 5.41) is 0. The van der Waals surface area contributed by atoms with Crippen LogP contribution >= 0.6 is 30.7 Å². The second-order valence-electron chi connectivity index (χ2n) is 0.402. The van der Waals surface area contributed by atoms with Gasteiger partial charge in [-0.3, -0.25) is 0 Å². The monoisotopic (exact) mass is 118 g/mol. The summed E-state index contributed by atoms with van der Waals surface area (Å²) in [6.07, 6.45) is 1.76. The molecular weight excluding hydrogens is 115 g/mol. The second kappa shape index (κ2) is 2.18. The molecule has 0 amide bonds. The van der Waals surface area contributed by atoms with Crippen molar-refractivity contribution in [2.75, 3.05) is 6.26 Å². The molecule has 0 N–H and O–H groups in total. The van der Waals surface area contributed by atoms with Crippen LogP contribution in [0.25, 0.3) is 0 Å². The van der Waals surface area contributed by atoms with E-state index >= 15 is 0 Å². The van der Waals surface area contributed by atoms with Gasteiger partial charge < -0.3 is 0 Å². The van der Waals surface area contributed by atoms with Crippen molar-refractivity contribution in [3.8, 4) is 0 Å². The summed E-state index contributed by atoms with van der Waals surface area (Å²) in [6.45, 7) is 0. The van der Waals surface area contributed by atoms with Gasteiger partial charge in [-0.1, -0.05) is 30.7 Å². The summed E-state index contributed by atoms with van der Waals surface area (Å²) in [5.41, 5.74) is 0. The van der Waals surface area contributed by atoms with Crippen molar-refractivity contribution in [1.29, 1.82) is 0 Å². The quantitative estimate of drug-likeness (QED) is 0.462. The number of rotatable bonds is 0. The van der Waals surface area contributed by atoms with E-state index < -0.39 is 9.32 Å². The normalized spacial score (nSPS) is 11.2. The zero-order chi connectivity index (χ0) is 3.58. The summed E-state index contributed by atoms with van der Waals surface area (Å²) in [6, 6.07) is 0. The molecule has 0 saturated heterocycles. The van der Waals surface area contributed by atoms with Gasteiger partial charge in [0.1, 0.15) is 0 Å². The molecule has 0 nitrogen and oxygen atoms in total. The van der Waals surface area contributed by atoms with Gasteiger partial charge in [0.05, 0.1) is 0 Å². The standard InChI is InChI=1S/CH4Cl2S/c1-4(2)3/h4H,1H3. The maximum absolute atomic E-state index is 5.10. The molecule has 0 aromatic carbocycles. The summed E-state index contributed by atoms with van der Waals surface area (Å²) in [7, 11) is 9.53. The largest absolute Gasteiger partial charge is 0.0989 e. The molecule has 0 spiro atoms. The zero-order valence-corrected chi connectivity index (χ0v) is 4.61. The maximum atomic E-state index is 5.10. The van der Waals surface area contributed by atoms with Crippen LogP contribution < -0.4 is 0 Å². The van der Waals surface area contributed by atoms with Gasteiger partial charge in [0.25, 0.3) is 0 Å². The Morgan fingerprint density at radius 2 is 1.50 bits per heavy atom. The van der Waals surface area contributed by atoms with Crippen molar-refractivity contribution < 1.29 is 0 Å². The van der Waals surface area contributed by atoms with Crippen molar-refractivity contribution in [3.05, 3.63) is 0 Å². The highest BCUT2D eigenvalue weighted by Gasteiger charge is 1.66. The highest BCUT2D eigenvalue weighted by Crippen LogP contribution is 2.30. The van der Waals surface area contributed by atoms with E-state index in [9.17, 15) is 0 Å². The van der Waals surface area contributed by atoms with Crippen LogP contribution in [0.3, 0.4) is 0 Å². The third-order valence-electron chi connectivity index (χ3n) is 0. The third kappa shape index (κ3) is 12.6. The van der Waals surface area contributed by atoms with Crippen LogP contribution in [-0.2, 0) is 0 Å². The van der Waals surface area contributed by atoms with Crippen molar-refractivity contribution in [3.63, 3.8) is 0 Å². The Morgan fingerprint density at radius 1 is 1.50 bits per heavy atom. The van der Waals surface area contributed by atoms with E-state index in [1.165, 1.54) is 0 Å². The Morgan fingerprint density at radius 3 is 1.50 bits per heavy atom. The summed E-state index contributed by atoms with van der Waals surface area (Å²) in [4.78, 5) is 0. The van der Waals surface area contributed by atoms with E-state index in [1.54, 1.807) is 6.26 Å². The first-order valence-electron chi connectivity index (χ1n) is 0.785. The molecule has 0 aromatic heterocycles. The minimum atomic E-state index is -0.676. The minimum Gasteiger partial charge on any atom is -0.0989 e. The molecule has 0 aliphatic carbocycles. The molecule has 0 radical (unpaired) electrons. The first-order valence-corrected chi connectivity index (χ1v) is 4.38. The average Bonchev–Trinajstić information content (AvgIpc) is 0.811. The molecule has 0 rings (SSSR count). The predicted molar refractivity (Wildman–Crippen MR) is 26.6 cm³/mol. The fraction of sp³-hybridized carbons (Fsp3) is 1.00. The summed E-state index contributed by atoms with van der Waals surface area (Å²) < 4.78 is 0. The topological polar surface area (TPSA) is 0 Å².